The van der Waals surface area contributed by atoms with E-state index in [4.69, 9.17) is 4.74 Å². The zero-order chi connectivity index (χ0) is 15.7. The number of pyridine rings is 1. The Morgan fingerprint density at radius 1 is 1.18 bits per heavy atom. The molecule has 3 rings (SSSR count). The highest BCUT2D eigenvalue weighted by Gasteiger charge is 2.12. The highest BCUT2D eigenvalue weighted by Crippen LogP contribution is 2.25. The number of rotatable bonds is 3. The molecule has 0 aliphatic heterocycles. The fourth-order valence-electron chi connectivity index (χ4n) is 2.27. The van der Waals surface area contributed by atoms with Gasteiger partial charge in [-0.25, -0.2) is 0 Å². The number of aromatic nitrogens is 3. The summed E-state index contributed by atoms with van der Waals surface area (Å²) >= 11 is 0. The molecule has 6 nitrogen and oxygen atoms in total. The van der Waals surface area contributed by atoms with Crippen molar-refractivity contribution in [1.82, 2.24) is 14.6 Å². The first kappa shape index (κ1) is 14.1. The lowest BCUT2D eigenvalue weighted by Crippen LogP contribution is -2.13. The van der Waals surface area contributed by atoms with Crippen LogP contribution < -0.4 is 10.1 Å². The van der Waals surface area contributed by atoms with Gasteiger partial charge in [0.05, 0.1) is 12.8 Å². The number of nitrogens with zero attached hydrogens (tertiary/aromatic N) is 3. The van der Waals surface area contributed by atoms with Gasteiger partial charge >= 0.3 is 0 Å². The van der Waals surface area contributed by atoms with E-state index in [-0.39, 0.29) is 5.91 Å². The smallest absolute Gasteiger partial charge is 0.255 e. The molecule has 1 amide bonds. The molecule has 0 atom stereocenters. The van der Waals surface area contributed by atoms with Gasteiger partial charge in [0.25, 0.3) is 5.91 Å². The Morgan fingerprint density at radius 3 is 2.77 bits per heavy atom. The molecular formula is C16H16N4O2. The van der Waals surface area contributed by atoms with Crippen molar-refractivity contribution in [3.8, 4) is 5.75 Å². The predicted molar refractivity (Wildman–Crippen MR) is 83.4 cm³/mol. The minimum atomic E-state index is -0.216. The van der Waals surface area contributed by atoms with E-state index in [2.05, 4.69) is 15.5 Å². The largest absolute Gasteiger partial charge is 0.495 e. The molecule has 3 aromatic rings. The number of fused-ring (bicyclic) bond motifs is 1. The third kappa shape index (κ3) is 2.50. The van der Waals surface area contributed by atoms with E-state index in [9.17, 15) is 4.79 Å². The second-order valence-corrected chi connectivity index (χ2v) is 5.05. The van der Waals surface area contributed by atoms with Crippen molar-refractivity contribution in [3.05, 3.63) is 53.5 Å². The third-order valence-corrected chi connectivity index (χ3v) is 3.45. The summed E-state index contributed by atoms with van der Waals surface area (Å²) in [6.45, 7) is 3.82. The predicted octanol–water partition coefficient (Wildman–Crippen LogP) is 2.61. The molecule has 1 aromatic carbocycles. The van der Waals surface area contributed by atoms with E-state index in [1.54, 1.807) is 25.4 Å². The quantitative estimate of drug-likeness (QED) is 0.806. The van der Waals surface area contributed by atoms with Crippen LogP contribution in [0.15, 0.2) is 36.5 Å². The molecule has 112 valence electrons. The van der Waals surface area contributed by atoms with Crippen LogP contribution in [0.25, 0.3) is 5.65 Å². The summed E-state index contributed by atoms with van der Waals surface area (Å²) in [7, 11) is 1.57. The van der Waals surface area contributed by atoms with E-state index in [0.29, 0.717) is 22.6 Å². The van der Waals surface area contributed by atoms with Gasteiger partial charge in [0, 0.05) is 11.8 Å². The van der Waals surface area contributed by atoms with Gasteiger partial charge in [0.1, 0.15) is 11.6 Å². The molecule has 0 saturated carbocycles. The van der Waals surface area contributed by atoms with Crippen LogP contribution in [-0.2, 0) is 0 Å². The Hall–Kier alpha value is -2.89. The number of nitrogens with one attached hydrogen (secondary N) is 1. The number of carbonyl (C=O) groups is 1. The van der Waals surface area contributed by atoms with Gasteiger partial charge in [-0.3, -0.25) is 9.20 Å². The first-order chi connectivity index (χ1) is 10.6. The zero-order valence-electron chi connectivity index (χ0n) is 12.6. The first-order valence-electron chi connectivity index (χ1n) is 6.86. The van der Waals surface area contributed by atoms with Crippen LogP contribution in [0.2, 0.25) is 0 Å². The third-order valence-electron chi connectivity index (χ3n) is 3.45. The van der Waals surface area contributed by atoms with Crippen molar-refractivity contribution in [1.29, 1.82) is 0 Å². The van der Waals surface area contributed by atoms with E-state index < -0.39 is 0 Å². The van der Waals surface area contributed by atoms with Crippen LogP contribution in [0.1, 0.15) is 21.7 Å². The molecule has 0 aliphatic carbocycles. The second kappa shape index (κ2) is 5.48. The minimum Gasteiger partial charge on any atom is -0.495 e. The van der Waals surface area contributed by atoms with Crippen LogP contribution in [-0.4, -0.2) is 27.6 Å². The topological polar surface area (TPSA) is 68.5 Å². The highest BCUT2D eigenvalue weighted by molar-refractivity contribution is 6.05. The lowest BCUT2D eigenvalue weighted by Gasteiger charge is -2.11. The van der Waals surface area contributed by atoms with Crippen LogP contribution in [0.3, 0.4) is 0 Å². The number of methoxy groups -OCH3 is 1. The van der Waals surface area contributed by atoms with Gasteiger partial charge in [0.2, 0.25) is 0 Å². The lowest BCUT2D eigenvalue weighted by atomic mass is 10.2. The molecule has 1 N–H and O–H groups in total. The van der Waals surface area contributed by atoms with Crippen LogP contribution in [0.4, 0.5) is 5.69 Å². The van der Waals surface area contributed by atoms with Gasteiger partial charge in [-0.15, -0.1) is 10.2 Å². The van der Waals surface area contributed by atoms with Crippen molar-refractivity contribution < 1.29 is 9.53 Å². The number of hydrogen-bond donors (Lipinski definition) is 1. The Balaban J connectivity index is 1.91. The fraction of sp³-hybridized carbons (Fsp3) is 0.188. The number of amides is 1. The number of carbonyl (C=O) groups excluding carboxylic acids is 1. The number of hydrogen-bond acceptors (Lipinski definition) is 4. The number of anilines is 1. The molecule has 22 heavy (non-hydrogen) atoms. The average Bonchev–Trinajstić information content (AvgIpc) is 2.88. The van der Waals surface area contributed by atoms with Crippen LogP contribution >= 0.6 is 0 Å². The second-order valence-electron chi connectivity index (χ2n) is 5.05. The SMILES string of the molecule is COc1ccc(C)cc1NC(=O)c1ccn2c(C)nnc2c1. The molecule has 2 aromatic heterocycles. The van der Waals surface area contributed by atoms with Gasteiger partial charge in [-0.2, -0.15) is 0 Å². The Kier molecular flexibility index (Phi) is 3.50. The number of aryl methyl sites for hydroxylation is 2. The van der Waals surface area contributed by atoms with E-state index >= 15 is 0 Å². The normalized spacial score (nSPS) is 10.7. The fourth-order valence-corrected chi connectivity index (χ4v) is 2.27. The summed E-state index contributed by atoms with van der Waals surface area (Å²) < 4.78 is 7.09. The van der Waals surface area contributed by atoms with Crippen molar-refractivity contribution in [2.45, 2.75) is 13.8 Å². The van der Waals surface area contributed by atoms with Crippen LogP contribution in [0.5, 0.6) is 5.75 Å². The summed E-state index contributed by atoms with van der Waals surface area (Å²) in [6.07, 6.45) is 1.78. The molecule has 6 heteroatoms. The van der Waals surface area contributed by atoms with Gasteiger partial charge < -0.3 is 10.1 Å². The first-order valence-corrected chi connectivity index (χ1v) is 6.86. The van der Waals surface area contributed by atoms with E-state index in [0.717, 1.165) is 11.4 Å². The molecule has 0 saturated heterocycles. The van der Waals surface area contributed by atoms with E-state index in [1.165, 1.54) is 0 Å². The molecule has 0 bridgehead atoms. The van der Waals surface area contributed by atoms with E-state index in [1.807, 2.05) is 36.4 Å². The van der Waals surface area contributed by atoms with Crippen LogP contribution in [0, 0.1) is 13.8 Å². The minimum absolute atomic E-state index is 0.216. The molecule has 0 unspecified atom stereocenters. The Morgan fingerprint density at radius 2 is 2.00 bits per heavy atom. The van der Waals surface area contributed by atoms with Crippen molar-refractivity contribution in [3.63, 3.8) is 0 Å². The summed E-state index contributed by atoms with van der Waals surface area (Å²) in [5, 5.41) is 10.9. The summed E-state index contributed by atoms with van der Waals surface area (Å²) in [5.41, 5.74) is 2.84. The molecule has 0 fully saturated rings. The van der Waals surface area contributed by atoms with Gasteiger partial charge in [-0.1, -0.05) is 6.07 Å². The highest BCUT2D eigenvalue weighted by atomic mass is 16.5. The maximum absolute atomic E-state index is 12.4. The maximum atomic E-state index is 12.4. The van der Waals surface area contributed by atoms with Crippen molar-refractivity contribution >= 4 is 17.2 Å². The summed E-state index contributed by atoms with van der Waals surface area (Å²) in [5.74, 6) is 1.19. The summed E-state index contributed by atoms with van der Waals surface area (Å²) in [6, 6.07) is 9.07. The zero-order valence-corrected chi connectivity index (χ0v) is 12.6. The van der Waals surface area contributed by atoms with Crippen molar-refractivity contribution in [2.75, 3.05) is 12.4 Å². The molecule has 0 aliphatic rings. The molecule has 0 spiro atoms. The van der Waals surface area contributed by atoms with Gasteiger partial charge in [-0.05, 0) is 43.7 Å². The monoisotopic (exact) mass is 296 g/mol. The molecular weight excluding hydrogens is 280 g/mol. The standard InChI is InChI=1S/C16H16N4O2/c1-10-4-5-14(22-3)13(8-10)17-16(21)12-6-7-20-11(2)18-19-15(20)9-12/h4-9H,1-3H3,(H,17,21). The average molecular weight is 296 g/mol. The molecule has 0 radical (unpaired) electrons. The Labute approximate surface area is 127 Å². The lowest BCUT2D eigenvalue weighted by molar-refractivity contribution is 0.102. The summed E-state index contributed by atoms with van der Waals surface area (Å²) in [4.78, 5) is 12.4. The molecule has 2 heterocycles. The number of benzene rings is 1. The van der Waals surface area contributed by atoms with Crippen molar-refractivity contribution in [2.24, 2.45) is 0 Å². The Bertz CT molecular complexity index is 854. The maximum Gasteiger partial charge on any atom is 0.255 e. The number of ether oxygens (including phenoxy) is 1. The van der Waals surface area contributed by atoms with Gasteiger partial charge in [0.15, 0.2) is 5.65 Å².